The van der Waals surface area contributed by atoms with E-state index in [0.29, 0.717) is 19.8 Å². The third-order valence-electron chi connectivity index (χ3n) is 4.93. The summed E-state index contributed by atoms with van der Waals surface area (Å²) in [4.78, 5) is 14.7. The lowest BCUT2D eigenvalue weighted by Crippen LogP contribution is -2.29. The Morgan fingerprint density at radius 1 is 0.926 bits per heavy atom. The van der Waals surface area contributed by atoms with E-state index in [1.807, 2.05) is 30.3 Å². The second-order valence-corrected chi connectivity index (χ2v) is 7.18. The number of nitrogens with one attached hydrogen (secondary N) is 1. The largest absolute Gasteiger partial charge is 0.377 e. The highest BCUT2D eigenvalue weighted by molar-refractivity contribution is 5.94. The van der Waals surface area contributed by atoms with Crippen molar-refractivity contribution in [2.24, 2.45) is 0 Å². The summed E-state index contributed by atoms with van der Waals surface area (Å²) in [6.45, 7) is 5.25. The van der Waals surface area contributed by atoms with Crippen LogP contribution < -0.4 is 5.32 Å². The number of hydrogen-bond donors (Lipinski definition) is 1. The molecule has 0 radical (unpaired) electrons. The highest BCUT2D eigenvalue weighted by Crippen LogP contribution is 2.13. The molecule has 1 N–H and O–H groups in total. The van der Waals surface area contributed by atoms with Crippen molar-refractivity contribution in [3.63, 3.8) is 0 Å². The van der Waals surface area contributed by atoms with E-state index in [1.54, 1.807) is 0 Å². The van der Waals surface area contributed by atoms with Crippen LogP contribution in [0.1, 0.15) is 47.2 Å². The van der Waals surface area contributed by atoms with Gasteiger partial charge in [-0.25, -0.2) is 0 Å². The van der Waals surface area contributed by atoms with E-state index in [1.165, 1.54) is 43.5 Å². The SMILES string of the molecule is O=C(NCCCOCc1ccccc1)c1ccc(CN2CCCCC2)cc1. The number of benzene rings is 2. The maximum Gasteiger partial charge on any atom is 0.251 e. The van der Waals surface area contributed by atoms with Gasteiger partial charge in [-0.1, -0.05) is 48.9 Å². The molecule has 2 aromatic rings. The molecule has 1 amide bonds. The van der Waals surface area contributed by atoms with Crippen molar-refractivity contribution >= 4 is 5.91 Å². The molecule has 0 spiro atoms. The molecule has 1 aliphatic heterocycles. The molecule has 2 aromatic carbocycles. The van der Waals surface area contributed by atoms with Gasteiger partial charge in [-0.3, -0.25) is 9.69 Å². The third-order valence-corrected chi connectivity index (χ3v) is 4.93. The minimum absolute atomic E-state index is 0.0115. The summed E-state index contributed by atoms with van der Waals surface area (Å²) in [5, 5.41) is 2.97. The first-order valence-electron chi connectivity index (χ1n) is 10.0. The molecule has 144 valence electrons. The van der Waals surface area contributed by atoms with Gasteiger partial charge in [0.2, 0.25) is 0 Å². The Hall–Kier alpha value is -2.17. The summed E-state index contributed by atoms with van der Waals surface area (Å²) in [6, 6.07) is 18.1. The van der Waals surface area contributed by atoms with Gasteiger partial charge in [0.25, 0.3) is 5.91 Å². The van der Waals surface area contributed by atoms with Crippen LogP contribution in [0.4, 0.5) is 0 Å². The maximum atomic E-state index is 12.2. The number of hydrogen-bond acceptors (Lipinski definition) is 3. The molecule has 0 unspecified atom stereocenters. The van der Waals surface area contributed by atoms with E-state index in [2.05, 4.69) is 34.5 Å². The van der Waals surface area contributed by atoms with Gasteiger partial charge < -0.3 is 10.1 Å². The fourth-order valence-corrected chi connectivity index (χ4v) is 3.38. The normalized spacial score (nSPS) is 14.8. The van der Waals surface area contributed by atoms with Crippen LogP contribution in [0.2, 0.25) is 0 Å². The zero-order chi connectivity index (χ0) is 18.7. The molecular weight excluding hydrogens is 336 g/mol. The molecule has 3 rings (SSSR count). The first-order chi connectivity index (χ1) is 13.3. The van der Waals surface area contributed by atoms with Crippen LogP contribution in [0.25, 0.3) is 0 Å². The van der Waals surface area contributed by atoms with Crippen LogP contribution in [0.5, 0.6) is 0 Å². The van der Waals surface area contributed by atoms with Crippen LogP contribution in [0, 0.1) is 0 Å². The van der Waals surface area contributed by atoms with Crippen molar-refractivity contribution in [1.82, 2.24) is 10.2 Å². The lowest BCUT2D eigenvalue weighted by atomic mass is 10.1. The van der Waals surface area contributed by atoms with Crippen LogP contribution >= 0.6 is 0 Å². The number of nitrogens with zero attached hydrogens (tertiary/aromatic N) is 1. The highest BCUT2D eigenvalue weighted by Gasteiger charge is 2.11. The Bertz CT molecular complexity index is 679. The molecule has 1 saturated heterocycles. The number of likely N-dealkylation sites (tertiary alicyclic amines) is 1. The predicted octanol–water partition coefficient (Wildman–Crippen LogP) is 4.01. The number of rotatable bonds is 9. The van der Waals surface area contributed by atoms with Gasteiger partial charge in [0.15, 0.2) is 0 Å². The minimum atomic E-state index is -0.0115. The van der Waals surface area contributed by atoms with Gasteiger partial charge in [0.1, 0.15) is 0 Å². The second kappa shape index (κ2) is 10.9. The predicted molar refractivity (Wildman–Crippen MR) is 109 cm³/mol. The van der Waals surface area contributed by atoms with Gasteiger partial charge in [0, 0.05) is 25.3 Å². The average molecular weight is 367 g/mol. The van der Waals surface area contributed by atoms with Gasteiger partial charge in [-0.05, 0) is 55.6 Å². The van der Waals surface area contributed by atoms with Crippen molar-refractivity contribution < 1.29 is 9.53 Å². The topological polar surface area (TPSA) is 41.6 Å². The minimum Gasteiger partial charge on any atom is -0.377 e. The Labute approximate surface area is 162 Å². The zero-order valence-corrected chi connectivity index (χ0v) is 16.0. The molecule has 0 saturated carbocycles. The van der Waals surface area contributed by atoms with Crippen molar-refractivity contribution in [2.45, 2.75) is 38.8 Å². The molecule has 1 aliphatic rings. The molecule has 1 heterocycles. The fourth-order valence-electron chi connectivity index (χ4n) is 3.38. The summed E-state index contributed by atoms with van der Waals surface area (Å²) in [5.41, 5.74) is 3.18. The Morgan fingerprint density at radius 2 is 1.67 bits per heavy atom. The van der Waals surface area contributed by atoms with Gasteiger partial charge in [-0.2, -0.15) is 0 Å². The second-order valence-electron chi connectivity index (χ2n) is 7.18. The lowest BCUT2D eigenvalue weighted by molar-refractivity contribution is 0.0934. The molecule has 0 bridgehead atoms. The number of carbonyl (C=O) groups is 1. The van der Waals surface area contributed by atoms with Crippen molar-refractivity contribution in [1.29, 1.82) is 0 Å². The average Bonchev–Trinajstić information content (AvgIpc) is 2.72. The van der Waals surface area contributed by atoms with Gasteiger partial charge in [-0.15, -0.1) is 0 Å². The van der Waals surface area contributed by atoms with Crippen molar-refractivity contribution in [3.05, 3.63) is 71.3 Å². The van der Waals surface area contributed by atoms with E-state index in [0.717, 1.165) is 18.5 Å². The molecular formula is C23H30N2O2. The zero-order valence-electron chi connectivity index (χ0n) is 16.0. The number of ether oxygens (including phenoxy) is 1. The quantitative estimate of drug-likeness (QED) is 0.682. The van der Waals surface area contributed by atoms with E-state index < -0.39 is 0 Å². The van der Waals surface area contributed by atoms with Crippen molar-refractivity contribution in [2.75, 3.05) is 26.2 Å². The summed E-state index contributed by atoms with van der Waals surface area (Å²) in [5.74, 6) is -0.0115. The molecule has 0 aliphatic carbocycles. The maximum absolute atomic E-state index is 12.2. The van der Waals surface area contributed by atoms with Crippen LogP contribution in [-0.2, 0) is 17.9 Å². The molecule has 0 atom stereocenters. The van der Waals surface area contributed by atoms with E-state index in [9.17, 15) is 4.79 Å². The van der Waals surface area contributed by atoms with Crippen LogP contribution in [0.15, 0.2) is 54.6 Å². The molecule has 4 heteroatoms. The Morgan fingerprint density at radius 3 is 2.41 bits per heavy atom. The monoisotopic (exact) mass is 366 g/mol. The molecule has 4 nitrogen and oxygen atoms in total. The molecule has 0 aromatic heterocycles. The standard InChI is InChI=1S/C23H30N2O2/c26-23(24-14-7-17-27-19-21-8-3-1-4-9-21)22-12-10-20(11-13-22)18-25-15-5-2-6-16-25/h1,3-4,8-13H,2,5-7,14-19H2,(H,24,26). The summed E-state index contributed by atoms with van der Waals surface area (Å²) >= 11 is 0. The van der Waals surface area contributed by atoms with E-state index in [4.69, 9.17) is 4.74 Å². The van der Waals surface area contributed by atoms with E-state index >= 15 is 0 Å². The van der Waals surface area contributed by atoms with E-state index in [-0.39, 0.29) is 5.91 Å². The first-order valence-corrected chi connectivity index (χ1v) is 10.0. The lowest BCUT2D eigenvalue weighted by Gasteiger charge is -2.26. The number of carbonyl (C=O) groups excluding carboxylic acids is 1. The summed E-state index contributed by atoms with van der Waals surface area (Å²) in [7, 11) is 0. The molecule has 1 fully saturated rings. The smallest absolute Gasteiger partial charge is 0.251 e. The Balaban J connectivity index is 1.32. The molecule has 27 heavy (non-hydrogen) atoms. The van der Waals surface area contributed by atoms with Gasteiger partial charge in [0.05, 0.1) is 6.61 Å². The van der Waals surface area contributed by atoms with Crippen LogP contribution in [0.3, 0.4) is 0 Å². The first kappa shape index (κ1) is 19.6. The number of piperidine rings is 1. The van der Waals surface area contributed by atoms with Gasteiger partial charge >= 0.3 is 0 Å². The Kier molecular flexibility index (Phi) is 7.87. The summed E-state index contributed by atoms with van der Waals surface area (Å²) in [6.07, 6.45) is 4.77. The fraction of sp³-hybridized carbons (Fsp3) is 0.435. The highest BCUT2D eigenvalue weighted by atomic mass is 16.5. The third kappa shape index (κ3) is 6.81. The number of amides is 1. The van der Waals surface area contributed by atoms with Crippen molar-refractivity contribution in [3.8, 4) is 0 Å². The summed E-state index contributed by atoms with van der Waals surface area (Å²) < 4.78 is 5.64. The van der Waals surface area contributed by atoms with Crippen LogP contribution in [-0.4, -0.2) is 37.0 Å².